The molecule has 3 aromatic rings. The van der Waals surface area contributed by atoms with Crippen LogP contribution in [0, 0.1) is 0 Å². The third-order valence-electron chi connectivity index (χ3n) is 2.80. The van der Waals surface area contributed by atoms with E-state index in [4.69, 9.17) is 5.73 Å². The van der Waals surface area contributed by atoms with Gasteiger partial charge in [0.2, 0.25) is 0 Å². The molecule has 0 saturated carbocycles. The molecule has 0 aliphatic rings. The monoisotopic (exact) mass is 273 g/mol. The standard InChI is InChI=1S/C14H11N3O.ClH/c15-13-14(18)17(10-6-2-1-3-7-10)12-9-5-4-8-11(12)16-13;/h1-9H,(H2,15,16);1H. The second-order valence-electron chi connectivity index (χ2n) is 3.96. The van der Waals surface area contributed by atoms with Crippen LogP contribution < -0.4 is 11.3 Å². The molecule has 4 nitrogen and oxygen atoms in total. The average molecular weight is 274 g/mol. The summed E-state index contributed by atoms with van der Waals surface area (Å²) in [6, 6.07) is 16.8. The van der Waals surface area contributed by atoms with Crippen molar-refractivity contribution in [3.05, 3.63) is 65.0 Å². The first kappa shape index (κ1) is 13.1. The molecular formula is C14H12ClN3O. The van der Waals surface area contributed by atoms with Crippen LogP contribution in [0.3, 0.4) is 0 Å². The Bertz CT molecular complexity index is 768. The average Bonchev–Trinajstić information content (AvgIpc) is 2.41. The van der Waals surface area contributed by atoms with Crippen LogP contribution >= 0.6 is 12.4 Å². The highest BCUT2D eigenvalue weighted by molar-refractivity contribution is 5.85. The molecular weight excluding hydrogens is 262 g/mol. The van der Waals surface area contributed by atoms with E-state index in [1.165, 1.54) is 0 Å². The molecule has 0 amide bonds. The Labute approximate surface area is 115 Å². The van der Waals surface area contributed by atoms with Gasteiger partial charge in [-0.2, -0.15) is 0 Å². The highest BCUT2D eigenvalue weighted by Gasteiger charge is 2.09. The van der Waals surface area contributed by atoms with Gasteiger partial charge in [0.25, 0.3) is 5.56 Å². The highest BCUT2D eigenvalue weighted by Crippen LogP contribution is 2.15. The fraction of sp³-hybridized carbons (Fsp3) is 0. The summed E-state index contributed by atoms with van der Waals surface area (Å²) in [4.78, 5) is 16.3. The Morgan fingerprint density at radius 3 is 2.32 bits per heavy atom. The summed E-state index contributed by atoms with van der Waals surface area (Å²) in [6.07, 6.45) is 0. The summed E-state index contributed by atoms with van der Waals surface area (Å²) in [5, 5.41) is 0. The Morgan fingerprint density at radius 1 is 0.947 bits per heavy atom. The lowest BCUT2D eigenvalue weighted by Crippen LogP contribution is -2.23. The van der Waals surface area contributed by atoms with Gasteiger partial charge in [-0.25, -0.2) is 4.98 Å². The second-order valence-corrected chi connectivity index (χ2v) is 3.96. The first-order valence-electron chi connectivity index (χ1n) is 5.60. The van der Waals surface area contributed by atoms with Crippen molar-refractivity contribution in [3.63, 3.8) is 0 Å². The minimum atomic E-state index is -0.292. The topological polar surface area (TPSA) is 60.9 Å². The number of benzene rings is 2. The normalized spacial score (nSPS) is 10.1. The first-order chi connectivity index (χ1) is 8.77. The maximum absolute atomic E-state index is 12.2. The summed E-state index contributed by atoms with van der Waals surface area (Å²) in [5.74, 6) is 0.0116. The van der Waals surface area contributed by atoms with E-state index in [-0.39, 0.29) is 23.8 Å². The van der Waals surface area contributed by atoms with Crippen LogP contribution in [0.1, 0.15) is 0 Å². The fourth-order valence-electron chi connectivity index (χ4n) is 1.98. The van der Waals surface area contributed by atoms with Gasteiger partial charge in [-0.05, 0) is 24.3 Å². The number of hydrogen-bond donors (Lipinski definition) is 1. The van der Waals surface area contributed by atoms with E-state index in [2.05, 4.69) is 4.98 Å². The van der Waals surface area contributed by atoms with Crippen molar-refractivity contribution >= 4 is 29.3 Å². The van der Waals surface area contributed by atoms with Crippen LogP contribution in [0.5, 0.6) is 0 Å². The lowest BCUT2D eigenvalue weighted by Gasteiger charge is -2.10. The molecule has 1 aromatic heterocycles. The number of hydrogen-bond acceptors (Lipinski definition) is 3. The number of nitrogen functional groups attached to an aromatic ring is 1. The van der Waals surface area contributed by atoms with Gasteiger partial charge in [-0.3, -0.25) is 9.36 Å². The number of rotatable bonds is 1. The Balaban J connectivity index is 0.00000133. The summed E-state index contributed by atoms with van der Waals surface area (Å²) < 4.78 is 1.58. The number of fused-ring (bicyclic) bond motifs is 1. The molecule has 2 aromatic carbocycles. The van der Waals surface area contributed by atoms with Crippen molar-refractivity contribution in [1.82, 2.24) is 9.55 Å². The molecule has 5 heteroatoms. The molecule has 0 bridgehead atoms. The first-order valence-corrected chi connectivity index (χ1v) is 5.60. The summed E-state index contributed by atoms with van der Waals surface area (Å²) in [6.45, 7) is 0. The fourth-order valence-corrected chi connectivity index (χ4v) is 1.98. The van der Waals surface area contributed by atoms with Crippen LogP contribution in [-0.2, 0) is 0 Å². The molecule has 0 spiro atoms. The minimum absolute atomic E-state index is 0. The molecule has 19 heavy (non-hydrogen) atoms. The molecule has 3 rings (SSSR count). The van der Waals surface area contributed by atoms with Crippen LogP contribution in [0.4, 0.5) is 5.82 Å². The Hall–Kier alpha value is -2.33. The molecule has 0 fully saturated rings. The Morgan fingerprint density at radius 2 is 1.58 bits per heavy atom. The SMILES string of the molecule is Cl.Nc1nc2ccccc2n(-c2ccccc2)c1=O. The van der Waals surface area contributed by atoms with Gasteiger partial charge in [-0.1, -0.05) is 30.3 Å². The minimum Gasteiger partial charge on any atom is -0.379 e. The van der Waals surface area contributed by atoms with E-state index >= 15 is 0 Å². The maximum Gasteiger partial charge on any atom is 0.298 e. The summed E-state index contributed by atoms with van der Waals surface area (Å²) in [7, 11) is 0. The Kier molecular flexibility index (Phi) is 3.53. The zero-order valence-corrected chi connectivity index (χ0v) is 10.8. The molecule has 2 N–H and O–H groups in total. The van der Waals surface area contributed by atoms with Gasteiger partial charge in [0.15, 0.2) is 5.82 Å². The molecule has 1 heterocycles. The van der Waals surface area contributed by atoms with E-state index in [9.17, 15) is 4.79 Å². The maximum atomic E-state index is 12.2. The highest BCUT2D eigenvalue weighted by atomic mass is 35.5. The molecule has 0 atom stereocenters. The van der Waals surface area contributed by atoms with Crippen LogP contribution in [0.15, 0.2) is 59.4 Å². The van der Waals surface area contributed by atoms with Crippen molar-refractivity contribution < 1.29 is 0 Å². The van der Waals surface area contributed by atoms with Gasteiger partial charge in [0.05, 0.1) is 11.0 Å². The molecule has 0 aliphatic heterocycles. The predicted molar refractivity (Wildman–Crippen MR) is 79.0 cm³/mol. The second kappa shape index (κ2) is 5.12. The largest absolute Gasteiger partial charge is 0.379 e. The number of anilines is 1. The molecule has 96 valence electrons. The third kappa shape index (κ3) is 2.18. The van der Waals surface area contributed by atoms with Gasteiger partial charge in [0, 0.05) is 5.69 Å². The quantitative estimate of drug-likeness (QED) is 0.740. The van der Waals surface area contributed by atoms with Crippen molar-refractivity contribution in [2.45, 2.75) is 0 Å². The van der Waals surface area contributed by atoms with Crippen LogP contribution in [-0.4, -0.2) is 9.55 Å². The van der Waals surface area contributed by atoms with Gasteiger partial charge >= 0.3 is 0 Å². The lowest BCUT2D eigenvalue weighted by atomic mass is 10.2. The number of nitrogens with zero attached hydrogens (tertiary/aromatic N) is 2. The number of nitrogens with two attached hydrogens (primary N) is 1. The van der Waals surface area contributed by atoms with Crippen molar-refractivity contribution in [3.8, 4) is 5.69 Å². The number of para-hydroxylation sites is 3. The van der Waals surface area contributed by atoms with E-state index < -0.39 is 0 Å². The van der Waals surface area contributed by atoms with E-state index in [0.29, 0.717) is 5.52 Å². The number of aromatic nitrogens is 2. The molecule has 0 aliphatic carbocycles. The smallest absolute Gasteiger partial charge is 0.298 e. The number of halogens is 1. The zero-order valence-electron chi connectivity index (χ0n) is 9.98. The molecule has 0 radical (unpaired) electrons. The van der Waals surface area contributed by atoms with Crippen molar-refractivity contribution in [2.75, 3.05) is 5.73 Å². The zero-order chi connectivity index (χ0) is 12.5. The van der Waals surface area contributed by atoms with E-state index in [0.717, 1.165) is 11.2 Å². The van der Waals surface area contributed by atoms with Gasteiger partial charge in [-0.15, -0.1) is 12.4 Å². The summed E-state index contributed by atoms with van der Waals surface area (Å²) >= 11 is 0. The van der Waals surface area contributed by atoms with Crippen molar-refractivity contribution in [1.29, 1.82) is 0 Å². The summed E-state index contributed by atoms with van der Waals surface area (Å²) in [5.41, 5.74) is 7.63. The van der Waals surface area contributed by atoms with Gasteiger partial charge in [0.1, 0.15) is 0 Å². The molecule has 0 saturated heterocycles. The van der Waals surface area contributed by atoms with Crippen LogP contribution in [0.2, 0.25) is 0 Å². The van der Waals surface area contributed by atoms with Crippen molar-refractivity contribution in [2.24, 2.45) is 0 Å². The van der Waals surface area contributed by atoms with E-state index in [1.54, 1.807) is 4.57 Å². The third-order valence-corrected chi connectivity index (χ3v) is 2.80. The molecule has 0 unspecified atom stereocenters. The van der Waals surface area contributed by atoms with Crippen LogP contribution in [0.25, 0.3) is 16.7 Å². The lowest BCUT2D eigenvalue weighted by molar-refractivity contribution is 1.02. The predicted octanol–water partition coefficient (Wildman–Crippen LogP) is 2.39. The van der Waals surface area contributed by atoms with Gasteiger partial charge < -0.3 is 5.73 Å². The van der Waals surface area contributed by atoms with E-state index in [1.807, 2.05) is 54.6 Å².